The number of benzene rings is 2. The van der Waals surface area contributed by atoms with Crippen LogP contribution >= 0.6 is 0 Å². The molecule has 2 rings (SSSR count). The summed E-state index contributed by atoms with van der Waals surface area (Å²) in [5.74, 6) is 0.939. The van der Waals surface area contributed by atoms with Crippen LogP contribution in [0.2, 0.25) is 0 Å². The van der Waals surface area contributed by atoms with Gasteiger partial charge in [0.1, 0.15) is 11.5 Å². The number of hydrogen-bond donors (Lipinski definition) is 2. The first-order valence-electron chi connectivity index (χ1n) is 10.9. The Morgan fingerprint density at radius 3 is 2.32 bits per heavy atom. The van der Waals surface area contributed by atoms with Gasteiger partial charge >= 0.3 is 6.09 Å². The largest absolute Gasteiger partial charge is 0.496 e. The second kappa shape index (κ2) is 12.8. The second-order valence-corrected chi connectivity index (χ2v) is 9.60. The number of ether oxygens (including phenoxy) is 2. The molecule has 0 fully saturated rings. The zero-order valence-electron chi connectivity index (χ0n) is 19.7. The molecule has 0 saturated heterocycles. The zero-order chi connectivity index (χ0) is 25.1. The van der Waals surface area contributed by atoms with Crippen LogP contribution in [0.25, 0.3) is 0 Å². The van der Waals surface area contributed by atoms with E-state index in [2.05, 4.69) is 4.72 Å². The first kappa shape index (κ1) is 27.0. The molecule has 0 aromatic heterocycles. The van der Waals surface area contributed by atoms with Gasteiger partial charge in [-0.1, -0.05) is 24.6 Å². The van der Waals surface area contributed by atoms with Gasteiger partial charge in [0.15, 0.2) is 5.78 Å². The number of methoxy groups -OCH3 is 2. The molecule has 2 N–H and O–H groups in total. The molecule has 0 aliphatic carbocycles. The number of rotatable bonds is 14. The maximum atomic E-state index is 12.6. The normalized spacial score (nSPS) is 11.0. The van der Waals surface area contributed by atoms with Crippen LogP contribution in [0.4, 0.5) is 10.5 Å². The molecular weight excluding hydrogens is 460 g/mol. The summed E-state index contributed by atoms with van der Waals surface area (Å²) < 4.78 is 35.9. The molecule has 10 heteroatoms. The smallest absolute Gasteiger partial charge is 0.407 e. The number of Topliss-reactive ketones (excluding diaryl/α,β-unsaturated/α-hetero) is 1. The predicted octanol–water partition coefficient (Wildman–Crippen LogP) is 4.04. The quantitative estimate of drug-likeness (QED) is 0.301. The highest BCUT2D eigenvalue weighted by molar-refractivity contribution is 7.92. The highest BCUT2D eigenvalue weighted by Crippen LogP contribution is 2.27. The Hall–Kier alpha value is -3.27. The Kier molecular flexibility index (Phi) is 10.2. The van der Waals surface area contributed by atoms with Gasteiger partial charge in [0, 0.05) is 25.1 Å². The van der Waals surface area contributed by atoms with Gasteiger partial charge in [-0.25, -0.2) is 13.2 Å². The highest BCUT2D eigenvalue weighted by Gasteiger charge is 2.15. The van der Waals surface area contributed by atoms with Crippen molar-refractivity contribution in [3.8, 4) is 11.5 Å². The second-order valence-electron chi connectivity index (χ2n) is 7.85. The van der Waals surface area contributed by atoms with Crippen LogP contribution in [0.15, 0.2) is 42.5 Å². The van der Waals surface area contributed by atoms with Crippen LogP contribution in [0.3, 0.4) is 0 Å². The molecule has 1 amide bonds. The topological polar surface area (TPSA) is 122 Å². The standard InChI is InChI=1S/C24H32N2O7S/c1-32-22-11-7-6-9-18(22)14-16-26(24(28)29)15-8-4-5-10-21(27)19-12-13-23(33-2)20(17-19)25-34(3,30)31/h6-7,9,11-13,17,25H,4-5,8,10,14-16H2,1-3H3,(H,28,29). The Morgan fingerprint density at radius 1 is 0.971 bits per heavy atom. The van der Waals surface area contributed by atoms with E-state index in [1.807, 2.05) is 24.3 Å². The number of hydrogen-bond acceptors (Lipinski definition) is 6. The van der Waals surface area contributed by atoms with Gasteiger partial charge in [-0.3, -0.25) is 9.52 Å². The third kappa shape index (κ3) is 8.58. The Bertz CT molecular complexity index is 1090. The first-order chi connectivity index (χ1) is 16.1. The summed E-state index contributed by atoms with van der Waals surface area (Å²) in [6.07, 6.45) is 2.80. The van der Waals surface area contributed by atoms with Gasteiger partial charge in [-0.15, -0.1) is 0 Å². The molecule has 0 atom stereocenters. The summed E-state index contributed by atoms with van der Waals surface area (Å²) in [6.45, 7) is 0.736. The van der Waals surface area contributed by atoms with E-state index in [-0.39, 0.29) is 17.9 Å². The number of sulfonamides is 1. The summed E-state index contributed by atoms with van der Waals surface area (Å²) in [7, 11) is -0.514. The van der Waals surface area contributed by atoms with E-state index in [9.17, 15) is 23.1 Å². The van der Waals surface area contributed by atoms with Crippen molar-refractivity contribution in [2.45, 2.75) is 32.1 Å². The molecule has 2 aromatic carbocycles. The fourth-order valence-electron chi connectivity index (χ4n) is 3.54. The fourth-order valence-corrected chi connectivity index (χ4v) is 4.10. The maximum absolute atomic E-state index is 12.6. The van der Waals surface area contributed by atoms with E-state index in [1.54, 1.807) is 19.2 Å². The molecule has 0 unspecified atom stereocenters. The molecule has 9 nitrogen and oxygen atoms in total. The zero-order valence-corrected chi connectivity index (χ0v) is 20.6. The molecule has 0 aliphatic heterocycles. The van der Waals surface area contributed by atoms with Crippen LogP contribution in [0, 0.1) is 0 Å². The van der Waals surface area contributed by atoms with Crippen molar-refractivity contribution in [3.63, 3.8) is 0 Å². The lowest BCUT2D eigenvalue weighted by molar-refractivity contribution is 0.0977. The van der Waals surface area contributed by atoms with Crippen LogP contribution in [-0.2, 0) is 16.4 Å². The van der Waals surface area contributed by atoms with Gasteiger partial charge in [0.25, 0.3) is 0 Å². The number of carboxylic acid groups (broad SMARTS) is 1. The summed E-state index contributed by atoms with van der Waals surface area (Å²) in [4.78, 5) is 25.5. The highest BCUT2D eigenvalue weighted by atomic mass is 32.2. The number of nitrogens with one attached hydrogen (secondary N) is 1. The number of anilines is 1. The lowest BCUT2D eigenvalue weighted by Crippen LogP contribution is -2.32. The van der Waals surface area contributed by atoms with Crippen LogP contribution in [0.5, 0.6) is 11.5 Å². The number of amides is 1. The van der Waals surface area contributed by atoms with E-state index in [4.69, 9.17) is 9.47 Å². The maximum Gasteiger partial charge on any atom is 0.407 e. The van der Waals surface area contributed by atoms with Crippen molar-refractivity contribution in [1.82, 2.24) is 4.90 Å². The molecule has 0 heterocycles. The van der Waals surface area contributed by atoms with E-state index < -0.39 is 16.1 Å². The molecule has 0 radical (unpaired) electrons. The summed E-state index contributed by atoms with van der Waals surface area (Å²) in [5, 5.41) is 9.50. The number of nitrogens with zero attached hydrogens (tertiary/aromatic N) is 1. The third-order valence-corrected chi connectivity index (χ3v) is 5.85. The number of carbonyl (C=O) groups excluding carboxylic acids is 1. The molecule has 186 valence electrons. The van der Waals surface area contributed by atoms with Gasteiger partial charge < -0.3 is 19.5 Å². The van der Waals surface area contributed by atoms with Gasteiger partial charge in [-0.2, -0.15) is 0 Å². The number of ketones is 1. The minimum Gasteiger partial charge on any atom is -0.496 e. The molecule has 0 spiro atoms. The minimum absolute atomic E-state index is 0.120. The minimum atomic E-state index is -3.52. The van der Waals surface area contributed by atoms with Crippen molar-refractivity contribution >= 4 is 27.6 Å². The molecule has 0 bridgehead atoms. The lowest BCUT2D eigenvalue weighted by atomic mass is 10.0. The van der Waals surface area contributed by atoms with Crippen molar-refractivity contribution in [2.24, 2.45) is 0 Å². The monoisotopic (exact) mass is 492 g/mol. The Morgan fingerprint density at radius 2 is 1.68 bits per heavy atom. The Balaban J connectivity index is 1.83. The van der Waals surface area contributed by atoms with Gasteiger partial charge in [0.2, 0.25) is 10.0 Å². The Labute approximate surface area is 200 Å². The van der Waals surface area contributed by atoms with Crippen molar-refractivity contribution in [1.29, 1.82) is 0 Å². The van der Waals surface area contributed by atoms with E-state index in [0.29, 0.717) is 50.1 Å². The molecule has 0 saturated carbocycles. The fraction of sp³-hybridized carbons (Fsp3) is 0.417. The predicted molar refractivity (Wildman–Crippen MR) is 131 cm³/mol. The number of unbranched alkanes of at least 4 members (excludes halogenated alkanes) is 2. The van der Waals surface area contributed by atoms with Crippen molar-refractivity contribution in [2.75, 3.05) is 38.3 Å². The van der Waals surface area contributed by atoms with Crippen LogP contribution in [-0.4, -0.2) is 63.9 Å². The number of carbonyl (C=O) groups is 2. The van der Waals surface area contributed by atoms with Gasteiger partial charge in [0.05, 0.1) is 26.2 Å². The molecule has 34 heavy (non-hydrogen) atoms. The number of para-hydroxylation sites is 1. The third-order valence-electron chi connectivity index (χ3n) is 5.26. The summed E-state index contributed by atoms with van der Waals surface area (Å²) in [5.41, 5.74) is 1.55. The average Bonchev–Trinajstić information content (AvgIpc) is 2.79. The van der Waals surface area contributed by atoms with Crippen molar-refractivity contribution < 1.29 is 32.6 Å². The molecule has 2 aromatic rings. The summed E-state index contributed by atoms with van der Waals surface area (Å²) >= 11 is 0. The van der Waals surface area contributed by atoms with E-state index in [1.165, 1.54) is 18.1 Å². The van der Waals surface area contributed by atoms with Crippen LogP contribution < -0.4 is 14.2 Å². The van der Waals surface area contributed by atoms with E-state index in [0.717, 1.165) is 17.6 Å². The molecular formula is C24H32N2O7S. The summed E-state index contributed by atoms with van der Waals surface area (Å²) in [6, 6.07) is 12.1. The average molecular weight is 493 g/mol. The molecule has 0 aliphatic rings. The van der Waals surface area contributed by atoms with Crippen molar-refractivity contribution in [3.05, 3.63) is 53.6 Å². The van der Waals surface area contributed by atoms with Crippen LogP contribution in [0.1, 0.15) is 41.6 Å². The van der Waals surface area contributed by atoms with E-state index >= 15 is 0 Å². The lowest BCUT2D eigenvalue weighted by Gasteiger charge is -2.19. The van der Waals surface area contributed by atoms with Gasteiger partial charge in [-0.05, 0) is 49.1 Å². The first-order valence-corrected chi connectivity index (χ1v) is 12.8. The SMILES string of the molecule is COc1ccccc1CCN(CCCCCC(=O)c1ccc(OC)c(NS(C)(=O)=O)c1)C(=O)O.